The van der Waals surface area contributed by atoms with Crippen molar-refractivity contribution in [3.63, 3.8) is 0 Å². The first-order valence-electron chi connectivity index (χ1n) is 8.87. The Bertz CT molecular complexity index is 1190. The largest absolute Gasteiger partial charge is 0.496 e. The van der Waals surface area contributed by atoms with Crippen molar-refractivity contribution in [2.24, 2.45) is 0 Å². The van der Waals surface area contributed by atoms with Crippen molar-refractivity contribution >= 4 is 17.6 Å². The van der Waals surface area contributed by atoms with Crippen LogP contribution < -0.4 is 10.1 Å². The molecule has 29 heavy (non-hydrogen) atoms. The van der Waals surface area contributed by atoms with E-state index >= 15 is 0 Å². The minimum atomic E-state index is -0.245. The Morgan fingerprint density at radius 1 is 1.28 bits per heavy atom. The third-order valence-electron chi connectivity index (χ3n) is 4.23. The Morgan fingerprint density at radius 3 is 2.93 bits per heavy atom. The van der Waals surface area contributed by atoms with E-state index in [2.05, 4.69) is 25.7 Å². The number of nitrogens with zero attached hydrogens (tertiary/aromatic N) is 5. The van der Waals surface area contributed by atoms with Gasteiger partial charge in [0.2, 0.25) is 5.91 Å². The van der Waals surface area contributed by atoms with Crippen LogP contribution >= 0.6 is 0 Å². The second-order valence-corrected chi connectivity index (χ2v) is 6.20. The quantitative estimate of drug-likeness (QED) is 0.504. The van der Waals surface area contributed by atoms with E-state index in [1.165, 1.54) is 6.08 Å². The predicted molar refractivity (Wildman–Crippen MR) is 105 cm³/mol. The zero-order valence-electron chi connectivity index (χ0n) is 15.9. The highest BCUT2D eigenvalue weighted by molar-refractivity contribution is 5.92. The zero-order valence-corrected chi connectivity index (χ0v) is 15.9. The Kier molecular flexibility index (Phi) is 5.02. The van der Waals surface area contributed by atoms with Crippen LogP contribution in [0.2, 0.25) is 0 Å². The number of amides is 1. The molecule has 0 aliphatic heterocycles. The summed E-state index contributed by atoms with van der Waals surface area (Å²) < 4.78 is 12.2. The van der Waals surface area contributed by atoms with E-state index in [9.17, 15) is 4.79 Å². The van der Waals surface area contributed by atoms with Crippen LogP contribution in [-0.4, -0.2) is 37.8 Å². The molecule has 1 amide bonds. The van der Waals surface area contributed by atoms with Gasteiger partial charge in [-0.1, -0.05) is 23.4 Å². The van der Waals surface area contributed by atoms with Crippen LogP contribution in [-0.2, 0) is 11.3 Å². The molecule has 1 N–H and O–H groups in total. The highest BCUT2D eigenvalue weighted by Gasteiger charge is 2.11. The molecule has 0 saturated carbocycles. The zero-order chi connectivity index (χ0) is 20.2. The molecule has 4 rings (SSSR count). The molecule has 3 aromatic heterocycles. The Balaban J connectivity index is 1.44. The van der Waals surface area contributed by atoms with Gasteiger partial charge in [0.25, 0.3) is 5.89 Å². The average Bonchev–Trinajstić information content (AvgIpc) is 3.36. The molecule has 9 nitrogen and oxygen atoms in total. The van der Waals surface area contributed by atoms with Crippen molar-refractivity contribution in [3.8, 4) is 17.2 Å². The summed E-state index contributed by atoms with van der Waals surface area (Å²) >= 11 is 0. The lowest BCUT2D eigenvalue weighted by Gasteiger charge is -2.04. The number of aromatic nitrogens is 5. The molecule has 0 aliphatic carbocycles. The fourth-order valence-electron chi connectivity index (χ4n) is 2.80. The second kappa shape index (κ2) is 7.93. The van der Waals surface area contributed by atoms with Crippen LogP contribution in [0.5, 0.6) is 5.75 Å². The fraction of sp³-hybridized carbons (Fsp3) is 0.150. The van der Waals surface area contributed by atoms with Gasteiger partial charge in [0, 0.05) is 23.4 Å². The molecule has 0 aliphatic rings. The number of hydrogen-bond acceptors (Lipinski definition) is 7. The van der Waals surface area contributed by atoms with Crippen LogP contribution in [0, 0.1) is 6.92 Å². The van der Waals surface area contributed by atoms with Crippen LogP contribution in [0.1, 0.15) is 17.2 Å². The molecule has 4 aromatic rings. The lowest BCUT2D eigenvalue weighted by atomic mass is 10.2. The Morgan fingerprint density at radius 2 is 2.14 bits per heavy atom. The van der Waals surface area contributed by atoms with Gasteiger partial charge in [0.05, 0.1) is 13.7 Å². The number of benzene rings is 1. The smallest absolute Gasteiger partial charge is 0.258 e. The minimum Gasteiger partial charge on any atom is -0.496 e. The number of methoxy groups -OCH3 is 1. The molecule has 0 bridgehead atoms. The summed E-state index contributed by atoms with van der Waals surface area (Å²) in [5.74, 6) is 2.04. The number of ether oxygens (including phenoxy) is 1. The average molecular weight is 390 g/mol. The minimum absolute atomic E-state index is 0.231. The number of pyridine rings is 1. The first kappa shape index (κ1) is 18.4. The number of para-hydroxylation sites is 1. The monoisotopic (exact) mass is 390 g/mol. The van der Waals surface area contributed by atoms with Gasteiger partial charge in [-0.05, 0) is 31.2 Å². The van der Waals surface area contributed by atoms with Crippen molar-refractivity contribution in [1.29, 1.82) is 0 Å². The van der Waals surface area contributed by atoms with E-state index in [1.54, 1.807) is 36.8 Å². The third-order valence-corrected chi connectivity index (χ3v) is 4.23. The topological polar surface area (TPSA) is 107 Å². The highest BCUT2D eigenvalue weighted by Crippen LogP contribution is 2.19. The van der Waals surface area contributed by atoms with E-state index in [-0.39, 0.29) is 12.5 Å². The van der Waals surface area contributed by atoms with Gasteiger partial charge in [-0.25, -0.2) is 0 Å². The van der Waals surface area contributed by atoms with Crippen molar-refractivity contribution < 1.29 is 14.1 Å². The maximum absolute atomic E-state index is 12.2. The van der Waals surface area contributed by atoms with Crippen LogP contribution in [0.15, 0.2) is 53.2 Å². The number of fused-ring (bicyclic) bond motifs is 1. The van der Waals surface area contributed by atoms with Gasteiger partial charge >= 0.3 is 0 Å². The van der Waals surface area contributed by atoms with Gasteiger partial charge in [-0.2, -0.15) is 4.98 Å². The molecule has 0 saturated heterocycles. The molecule has 0 radical (unpaired) electrons. The summed E-state index contributed by atoms with van der Waals surface area (Å²) in [4.78, 5) is 16.4. The molecule has 9 heteroatoms. The number of nitrogens with one attached hydrogen (secondary N) is 1. The van der Waals surface area contributed by atoms with E-state index < -0.39 is 0 Å². The summed E-state index contributed by atoms with van der Waals surface area (Å²) in [6, 6.07) is 11.1. The molecular formula is C20H18N6O3. The highest BCUT2D eigenvalue weighted by atomic mass is 16.5. The van der Waals surface area contributed by atoms with E-state index in [0.717, 1.165) is 11.1 Å². The van der Waals surface area contributed by atoms with Crippen molar-refractivity contribution in [2.45, 2.75) is 13.5 Å². The summed E-state index contributed by atoms with van der Waals surface area (Å²) in [5, 5.41) is 14.9. The maximum Gasteiger partial charge on any atom is 0.258 e. The molecule has 0 atom stereocenters. The Labute approximate surface area is 166 Å². The van der Waals surface area contributed by atoms with Gasteiger partial charge in [-0.15, -0.1) is 10.2 Å². The number of carbonyl (C=O) groups excluding carboxylic acids is 1. The molecular weight excluding hydrogens is 372 g/mol. The van der Waals surface area contributed by atoms with Gasteiger partial charge < -0.3 is 14.6 Å². The predicted octanol–water partition coefficient (Wildman–Crippen LogP) is 2.43. The fourth-order valence-corrected chi connectivity index (χ4v) is 2.80. The number of hydrogen-bond donors (Lipinski definition) is 1. The number of aryl methyl sites for hydroxylation is 1. The lowest BCUT2D eigenvalue weighted by Crippen LogP contribution is -2.21. The second-order valence-electron chi connectivity index (χ2n) is 6.20. The van der Waals surface area contributed by atoms with E-state index in [4.69, 9.17) is 9.26 Å². The first-order chi connectivity index (χ1) is 14.1. The molecule has 0 spiro atoms. The van der Waals surface area contributed by atoms with E-state index in [0.29, 0.717) is 28.9 Å². The summed E-state index contributed by atoms with van der Waals surface area (Å²) in [5.41, 5.74) is 2.19. The SMILES string of the molecule is COc1ccccc1C=CC(=O)NCc1nnc2cc(-c3nc(C)no3)ccn12. The third kappa shape index (κ3) is 3.98. The number of rotatable bonds is 6. The Hall–Kier alpha value is -4.01. The van der Waals surface area contributed by atoms with Gasteiger partial charge in [-0.3, -0.25) is 9.20 Å². The van der Waals surface area contributed by atoms with Gasteiger partial charge in [0.15, 0.2) is 17.3 Å². The number of carbonyl (C=O) groups is 1. The molecule has 0 fully saturated rings. The standard InChI is InChI=1S/C20H18N6O3/c1-13-22-20(29-25-13)15-9-10-26-17(11-15)23-24-18(26)12-21-19(27)8-7-14-5-3-4-6-16(14)28-2/h3-11H,12H2,1-2H3,(H,21,27). The van der Waals surface area contributed by atoms with Crippen molar-refractivity contribution in [2.75, 3.05) is 7.11 Å². The summed E-state index contributed by atoms with van der Waals surface area (Å²) in [6.07, 6.45) is 4.96. The van der Waals surface area contributed by atoms with Crippen LogP contribution in [0.3, 0.4) is 0 Å². The molecule has 1 aromatic carbocycles. The van der Waals surface area contributed by atoms with Crippen LogP contribution in [0.25, 0.3) is 23.2 Å². The summed E-state index contributed by atoms with van der Waals surface area (Å²) in [6.45, 7) is 1.99. The van der Waals surface area contributed by atoms with Crippen LogP contribution in [0.4, 0.5) is 0 Å². The lowest BCUT2D eigenvalue weighted by molar-refractivity contribution is -0.116. The van der Waals surface area contributed by atoms with Crippen molar-refractivity contribution in [3.05, 3.63) is 65.9 Å². The normalized spacial score (nSPS) is 11.2. The molecule has 3 heterocycles. The van der Waals surface area contributed by atoms with Gasteiger partial charge in [0.1, 0.15) is 5.75 Å². The molecule has 0 unspecified atom stereocenters. The van der Waals surface area contributed by atoms with E-state index in [1.807, 2.05) is 30.3 Å². The van der Waals surface area contributed by atoms with Crippen molar-refractivity contribution in [1.82, 2.24) is 30.1 Å². The summed E-state index contributed by atoms with van der Waals surface area (Å²) in [7, 11) is 1.59. The maximum atomic E-state index is 12.2. The first-order valence-corrected chi connectivity index (χ1v) is 8.87. The molecule has 146 valence electrons.